The Morgan fingerprint density at radius 2 is 2.16 bits per heavy atom. The molecule has 0 aliphatic carbocycles. The van der Waals surface area contributed by atoms with E-state index in [1.807, 2.05) is 25.7 Å². The van der Waals surface area contributed by atoms with Gasteiger partial charge in [-0.2, -0.15) is 0 Å². The average Bonchev–Trinajstić information content (AvgIpc) is 2.73. The van der Waals surface area contributed by atoms with Gasteiger partial charge in [-0.25, -0.2) is 0 Å². The van der Waals surface area contributed by atoms with Gasteiger partial charge in [-0.05, 0) is 38.0 Å². The minimum Gasteiger partial charge on any atom is -0.370 e. The molecule has 0 aromatic carbocycles. The van der Waals surface area contributed by atoms with Crippen LogP contribution in [0, 0.1) is 5.92 Å². The molecule has 1 saturated heterocycles. The number of carbonyl (C=O) groups excluding carboxylic acids is 1. The molecule has 1 amide bonds. The second-order valence-corrected chi connectivity index (χ2v) is 6.13. The van der Waals surface area contributed by atoms with E-state index in [0.717, 1.165) is 19.4 Å². The van der Waals surface area contributed by atoms with Crippen molar-refractivity contribution < 1.29 is 4.79 Å². The van der Waals surface area contributed by atoms with E-state index in [-0.39, 0.29) is 17.9 Å². The molecule has 1 aliphatic rings. The number of nitrogens with zero attached hydrogens (tertiary/aromatic N) is 1. The fraction of sp³-hybridized carbons (Fsp3) is 0.846. The summed E-state index contributed by atoms with van der Waals surface area (Å²) in [6.07, 6.45) is 2.68. The highest BCUT2D eigenvalue weighted by molar-refractivity contribution is 7.80. The Morgan fingerprint density at radius 3 is 2.63 bits per heavy atom. The first-order valence-corrected chi connectivity index (χ1v) is 7.35. The summed E-state index contributed by atoms with van der Waals surface area (Å²) in [7, 11) is 5.98. The van der Waals surface area contributed by atoms with Crippen LogP contribution in [-0.4, -0.2) is 48.2 Å². The third-order valence-electron chi connectivity index (χ3n) is 3.37. The summed E-state index contributed by atoms with van der Waals surface area (Å²) in [5.74, 6) is 0.238. The van der Waals surface area contributed by atoms with E-state index in [4.69, 9.17) is 25.8 Å². The highest BCUT2D eigenvalue weighted by Gasteiger charge is 2.26. The van der Waals surface area contributed by atoms with Crippen LogP contribution in [0.15, 0.2) is 0 Å². The zero-order valence-electron chi connectivity index (χ0n) is 12.1. The molecule has 106 valence electrons. The number of nitrogens with one attached hydrogen (secondary N) is 1. The molecule has 1 fully saturated rings. The Morgan fingerprint density at radius 1 is 1.53 bits per heavy atom. The van der Waals surface area contributed by atoms with Gasteiger partial charge < -0.3 is 16.0 Å². The molecule has 6 heteroatoms. The van der Waals surface area contributed by atoms with Crippen molar-refractivity contribution >= 4 is 31.0 Å². The van der Waals surface area contributed by atoms with Gasteiger partial charge in [-0.1, -0.05) is 26.1 Å². The van der Waals surface area contributed by atoms with Crippen molar-refractivity contribution in [2.45, 2.75) is 58.1 Å². The molecule has 3 N–H and O–H groups in total. The number of likely N-dealkylation sites (tertiary alicyclic amines) is 1. The smallest absolute Gasteiger partial charge is 0.237 e. The van der Waals surface area contributed by atoms with E-state index in [1.165, 1.54) is 0 Å². The maximum atomic E-state index is 11.9. The molecule has 0 aromatic rings. The second kappa shape index (κ2) is 7.24. The number of hydrogen-bond acceptors (Lipinski definition) is 3. The summed E-state index contributed by atoms with van der Waals surface area (Å²) < 4.78 is 0. The number of thiocarbonyl (C=S) groups is 1. The summed E-state index contributed by atoms with van der Waals surface area (Å²) >= 11 is 5.40. The molecule has 0 spiro atoms. The van der Waals surface area contributed by atoms with Crippen LogP contribution in [-0.2, 0) is 4.79 Å². The first-order valence-electron chi connectivity index (χ1n) is 6.95. The second-order valence-electron chi connectivity index (χ2n) is 5.71. The van der Waals surface area contributed by atoms with Gasteiger partial charge in [0, 0.05) is 6.54 Å². The van der Waals surface area contributed by atoms with Gasteiger partial charge >= 0.3 is 0 Å². The monoisotopic (exact) mass is 281 g/mol. The third kappa shape index (κ3) is 4.77. The zero-order valence-corrected chi connectivity index (χ0v) is 12.9. The minimum absolute atomic E-state index is 0.0174. The average molecular weight is 281 g/mol. The summed E-state index contributed by atoms with van der Waals surface area (Å²) in [6.45, 7) is 6.85. The Labute approximate surface area is 122 Å². The van der Waals surface area contributed by atoms with Crippen LogP contribution in [0.25, 0.3) is 0 Å². The van der Waals surface area contributed by atoms with Crippen molar-refractivity contribution in [3.8, 4) is 0 Å². The molecular formula is C13H24BN3OS. The van der Waals surface area contributed by atoms with E-state index in [1.54, 1.807) is 0 Å². The molecule has 2 unspecified atom stereocenters. The molecule has 0 bridgehead atoms. The maximum absolute atomic E-state index is 11.9. The van der Waals surface area contributed by atoms with Gasteiger partial charge in [0.1, 0.15) is 0 Å². The number of nitrogens with two attached hydrogens (primary N) is 1. The van der Waals surface area contributed by atoms with Crippen molar-refractivity contribution in [3.05, 3.63) is 0 Å². The van der Waals surface area contributed by atoms with E-state index >= 15 is 0 Å². The lowest BCUT2D eigenvalue weighted by molar-refractivity contribution is -0.122. The van der Waals surface area contributed by atoms with E-state index in [9.17, 15) is 4.79 Å². The minimum atomic E-state index is -0.475. The summed E-state index contributed by atoms with van der Waals surface area (Å²) in [4.78, 5) is 14.6. The highest BCUT2D eigenvalue weighted by atomic mass is 32.1. The molecule has 0 aromatic heterocycles. The van der Waals surface area contributed by atoms with Crippen LogP contribution < -0.4 is 11.1 Å². The van der Waals surface area contributed by atoms with Gasteiger partial charge in [0.05, 0.1) is 24.9 Å². The third-order valence-corrected chi connectivity index (χ3v) is 3.96. The Kier molecular flexibility index (Phi) is 6.27. The van der Waals surface area contributed by atoms with Crippen molar-refractivity contribution in [2.24, 2.45) is 11.7 Å². The number of amides is 1. The summed E-state index contributed by atoms with van der Waals surface area (Å²) in [6, 6.07) is -0.678. The lowest BCUT2D eigenvalue weighted by atomic mass is 9.94. The predicted octanol–water partition coefficient (Wildman–Crippen LogP) is 0.782. The normalized spacial score (nSPS) is 22.4. The van der Waals surface area contributed by atoms with Crippen molar-refractivity contribution in [1.29, 1.82) is 0 Å². The van der Waals surface area contributed by atoms with E-state index < -0.39 is 6.04 Å². The summed E-state index contributed by atoms with van der Waals surface area (Å²) in [5, 5.41) is 2.88. The quantitative estimate of drug-likeness (QED) is 0.577. The molecule has 1 rings (SSSR count). The number of rotatable bonds is 5. The maximum Gasteiger partial charge on any atom is 0.237 e. The standard InChI is InChI=1S/C13H24BN3OS/c1-8(2)7-10(15)12(18)16-9(3)13(19)17-6-4-5-11(17)14/h8-11H,4-7,15H2,1-3H3,(H,16,18)/t9?,10?,11-/m0/s1. The number of hydrogen-bond donors (Lipinski definition) is 2. The molecule has 1 heterocycles. The molecule has 3 atom stereocenters. The van der Waals surface area contributed by atoms with Crippen LogP contribution in [0.1, 0.15) is 40.0 Å². The summed E-state index contributed by atoms with van der Waals surface area (Å²) in [5.41, 5.74) is 5.85. The van der Waals surface area contributed by atoms with Crippen LogP contribution in [0.3, 0.4) is 0 Å². The van der Waals surface area contributed by atoms with Crippen molar-refractivity contribution in [3.63, 3.8) is 0 Å². The molecule has 2 radical (unpaired) electrons. The molecule has 4 nitrogen and oxygen atoms in total. The Bertz CT molecular complexity index is 338. The predicted molar refractivity (Wildman–Crippen MR) is 83.1 cm³/mol. The molecule has 1 aliphatic heterocycles. The Balaban J connectivity index is 2.47. The van der Waals surface area contributed by atoms with Crippen molar-refractivity contribution in [2.75, 3.05) is 6.54 Å². The highest BCUT2D eigenvalue weighted by Crippen LogP contribution is 2.16. The molecule has 0 saturated carbocycles. The van der Waals surface area contributed by atoms with E-state index in [0.29, 0.717) is 17.3 Å². The van der Waals surface area contributed by atoms with E-state index in [2.05, 4.69) is 5.32 Å². The molecule has 19 heavy (non-hydrogen) atoms. The van der Waals surface area contributed by atoms with Crippen LogP contribution in [0.2, 0.25) is 0 Å². The fourth-order valence-electron chi connectivity index (χ4n) is 2.31. The van der Waals surface area contributed by atoms with Crippen LogP contribution in [0.4, 0.5) is 0 Å². The first-order chi connectivity index (χ1) is 8.82. The van der Waals surface area contributed by atoms with Crippen LogP contribution in [0.5, 0.6) is 0 Å². The van der Waals surface area contributed by atoms with Gasteiger partial charge in [0.25, 0.3) is 0 Å². The zero-order chi connectivity index (χ0) is 14.6. The molecular weight excluding hydrogens is 257 g/mol. The number of carbonyl (C=O) groups is 1. The Hall–Kier alpha value is -0.615. The van der Waals surface area contributed by atoms with Crippen molar-refractivity contribution in [1.82, 2.24) is 10.2 Å². The van der Waals surface area contributed by atoms with Gasteiger partial charge in [-0.3, -0.25) is 4.79 Å². The van der Waals surface area contributed by atoms with Crippen LogP contribution >= 0.6 is 12.2 Å². The van der Waals surface area contributed by atoms with Gasteiger partial charge in [-0.15, -0.1) is 0 Å². The lowest BCUT2D eigenvalue weighted by Crippen LogP contribution is -2.51. The van der Waals surface area contributed by atoms with Gasteiger partial charge in [0.15, 0.2) is 0 Å². The SMILES string of the molecule is [B][C@@H]1CCCN1C(=S)C(C)NC(=O)C(N)CC(C)C. The first kappa shape index (κ1) is 16.4. The largest absolute Gasteiger partial charge is 0.370 e. The fourth-order valence-corrected chi connectivity index (χ4v) is 2.60. The topological polar surface area (TPSA) is 58.4 Å². The lowest BCUT2D eigenvalue weighted by Gasteiger charge is -2.29. The van der Waals surface area contributed by atoms with Gasteiger partial charge in [0.2, 0.25) is 5.91 Å².